The number of rotatable bonds is 4. The summed E-state index contributed by atoms with van der Waals surface area (Å²) in [6, 6.07) is 4.42. The number of hydrogen-bond acceptors (Lipinski definition) is 5. The Morgan fingerprint density at radius 1 is 1.29 bits per heavy atom. The van der Waals surface area contributed by atoms with Crippen LogP contribution in [0.1, 0.15) is 10.4 Å². The van der Waals surface area contributed by atoms with E-state index in [0.717, 1.165) is 24.5 Å². The van der Waals surface area contributed by atoms with Crippen molar-refractivity contribution in [1.29, 1.82) is 0 Å². The zero-order valence-corrected chi connectivity index (χ0v) is 11.3. The number of halogens is 1. The van der Waals surface area contributed by atoms with Gasteiger partial charge in [-0.05, 0) is 24.3 Å². The largest absolute Gasteiger partial charge is 0.478 e. The SMILES string of the molecule is Nc1ccc(C(=O)O)c(NS(=O)(=O)c2cncc(F)c2)c1. The molecule has 0 bridgehead atoms. The van der Waals surface area contributed by atoms with Crippen LogP contribution >= 0.6 is 0 Å². The number of nitrogens with one attached hydrogen (secondary N) is 1. The van der Waals surface area contributed by atoms with Gasteiger partial charge in [0.1, 0.15) is 10.7 Å². The van der Waals surface area contributed by atoms with Gasteiger partial charge in [0, 0.05) is 11.9 Å². The van der Waals surface area contributed by atoms with E-state index in [-0.39, 0.29) is 16.9 Å². The molecule has 2 rings (SSSR count). The molecule has 4 N–H and O–H groups in total. The summed E-state index contributed by atoms with van der Waals surface area (Å²) in [6.45, 7) is 0. The maximum Gasteiger partial charge on any atom is 0.337 e. The van der Waals surface area contributed by atoms with E-state index < -0.39 is 26.7 Å². The molecule has 0 amide bonds. The molecule has 0 spiro atoms. The molecule has 1 aromatic heterocycles. The van der Waals surface area contributed by atoms with Crippen LogP contribution < -0.4 is 10.5 Å². The highest BCUT2D eigenvalue weighted by atomic mass is 32.2. The van der Waals surface area contributed by atoms with Crippen molar-refractivity contribution in [2.75, 3.05) is 10.5 Å². The van der Waals surface area contributed by atoms with Crippen LogP contribution in [0, 0.1) is 5.82 Å². The number of nitrogens with two attached hydrogens (primary N) is 1. The summed E-state index contributed by atoms with van der Waals surface area (Å²) in [7, 11) is -4.18. The first-order chi connectivity index (χ1) is 9.79. The van der Waals surface area contributed by atoms with Crippen molar-refractivity contribution in [3.63, 3.8) is 0 Å². The molecule has 0 saturated heterocycles. The molecule has 0 saturated carbocycles. The Kier molecular flexibility index (Phi) is 3.76. The average Bonchev–Trinajstić information content (AvgIpc) is 2.38. The van der Waals surface area contributed by atoms with Crippen molar-refractivity contribution in [2.24, 2.45) is 0 Å². The second kappa shape index (κ2) is 5.37. The number of nitrogens with zero attached hydrogens (tertiary/aromatic N) is 1. The molecular formula is C12H10FN3O4S. The number of nitrogen functional groups attached to an aromatic ring is 1. The van der Waals surface area contributed by atoms with E-state index in [0.29, 0.717) is 0 Å². The predicted molar refractivity (Wildman–Crippen MR) is 72.8 cm³/mol. The van der Waals surface area contributed by atoms with Gasteiger partial charge in [0.2, 0.25) is 0 Å². The Hall–Kier alpha value is -2.68. The third-order valence-electron chi connectivity index (χ3n) is 2.51. The van der Waals surface area contributed by atoms with E-state index in [4.69, 9.17) is 10.8 Å². The van der Waals surface area contributed by atoms with E-state index in [1.54, 1.807) is 0 Å². The molecule has 2 aromatic rings. The maximum atomic E-state index is 13.0. The van der Waals surface area contributed by atoms with Crippen molar-refractivity contribution in [3.05, 3.63) is 48.0 Å². The van der Waals surface area contributed by atoms with Crippen LogP contribution in [0.4, 0.5) is 15.8 Å². The summed E-state index contributed by atoms with van der Waals surface area (Å²) in [5.74, 6) is -2.16. The van der Waals surface area contributed by atoms with Crippen molar-refractivity contribution >= 4 is 27.4 Å². The summed E-state index contributed by atoms with van der Waals surface area (Å²) < 4.78 is 39.3. The Morgan fingerprint density at radius 3 is 2.62 bits per heavy atom. The van der Waals surface area contributed by atoms with Gasteiger partial charge in [0.25, 0.3) is 10.0 Å². The second-order valence-corrected chi connectivity index (χ2v) is 5.74. The minimum absolute atomic E-state index is 0.176. The number of carboxylic acid groups (broad SMARTS) is 1. The quantitative estimate of drug-likeness (QED) is 0.731. The average molecular weight is 311 g/mol. The van der Waals surface area contributed by atoms with Crippen LogP contribution in [0.5, 0.6) is 0 Å². The van der Waals surface area contributed by atoms with Crippen molar-refractivity contribution in [2.45, 2.75) is 4.90 Å². The van der Waals surface area contributed by atoms with Gasteiger partial charge < -0.3 is 10.8 Å². The van der Waals surface area contributed by atoms with Gasteiger partial charge in [0.05, 0.1) is 17.4 Å². The molecule has 1 aromatic carbocycles. The normalized spacial score (nSPS) is 11.1. The first kappa shape index (κ1) is 14.7. The van der Waals surface area contributed by atoms with Gasteiger partial charge in [0.15, 0.2) is 0 Å². The Bertz CT molecular complexity index is 808. The van der Waals surface area contributed by atoms with Crippen molar-refractivity contribution in [1.82, 2.24) is 4.98 Å². The number of benzene rings is 1. The standard InChI is InChI=1S/C12H10FN3O4S/c13-7-3-9(6-15-5-7)21(19,20)16-11-4-8(14)1-2-10(11)12(17)18/h1-6,16H,14H2,(H,17,18). The highest BCUT2D eigenvalue weighted by Crippen LogP contribution is 2.23. The van der Waals surface area contributed by atoms with Gasteiger partial charge >= 0.3 is 5.97 Å². The summed E-state index contributed by atoms with van der Waals surface area (Å²) in [5, 5.41) is 9.02. The number of carboxylic acids is 1. The van der Waals surface area contributed by atoms with Gasteiger partial charge in [-0.1, -0.05) is 0 Å². The Balaban J connectivity index is 2.46. The van der Waals surface area contributed by atoms with Crippen LogP contribution in [-0.4, -0.2) is 24.5 Å². The lowest BCUT2D eigenvalue weighted by Crippen LogP contribution is -2.16. The molecule has 0 fully saturated rings. The first-order valence-corrected chi connectivity index (χ1v) is 7.04. The van der Waals surface area contributed by atoms with Crippen LogP contribution in [0.25, 0.3) is 0 Å². The fourth-order valence-electron chi connectivity index (χ4n) is 1.58. The van der Waals surface area contributed by atoms with Crippen LogP contribution in [-0.2, 0) is 10.0 Å². The van der Waals surface area contributed by atoms with E-state index in [1.165, 1.54) is 12.1 Å². The fraction of sp³-hybridized carbons (Fsp3) is 0. The fourth-order valence-corrected chi connectivity index (χ4v) is 2.62. The topological polar surface area (TPSA) is 122 Å². The second-order valence-electron chi connectivity index (χ2n) is 4.05. The van der Waals surface area contributed by atoms with Crippen molar-refractivity contribution < 1.29 is 22.7 Å². The maximum absolute atomic E-state index is 13.0. The molecular weight excluding hydrogens is 301 g/mol. The number of sulfonamides is 1. The number of aromatic nitrogens is 1. The summed E-state index contributed by atoms with van der Waals surface area (Å²) in [6.07, 6.45) is 1.79. The molecule has 110 valence electrons. The zero-order chi connectivity index (χ0) is 15.6. The van der Waals surface area contributed by atoms with Crippen molar-refractivity contribution in [3.8, 4) is 0 Å². The van der Waals surface area contributed by atoms with E-state index in [1.807, 2.05) is 0 Å². The number of anilines is 2. The van der Waals surface area contributed by atoms with E-state index in [2.05, 4.69) is 9.71 Å². The molecule has 21 heavy (non-hydrogen) atoms. The van der Waals surface area contributed by atoms with Gasteiger partial charge in [-0.25, -0.2) is 17.6 Å². The minimum Gasteiger partial charge on any atom is -0.478 e. The lowest BCUT2D eigenvalue weighted by atomic mass is 10.1. The molecule has 0 unspecified atom stereocenters. The first-order valence-electron chi connectivity index (χ1n) is 5.56. The summed E-state index contributed by atoms with van der Waals surface area (Å²) in [4.78, 5) is 14.1. The third kappa shape index (κ3) is 3.26. The zero-order valence-electron chi connectivity index (χ0n) is 10.4. The predicted octanol–water partition coefficient (Wildman–Crippen LogP) is 1.30. The molecule has 0 aliphatic rings. The van der Waals surface area contributed by atoms with Crippen LogP contribution in [0.2, 0.25) is 0 Å². The lowest BCUT2D eigenvalue weighted by molar-refractivity contribution is 0.0698. The lowest BCUT2D eigenvalue weighted by Gasteiger charge is -2.11. The van der Waals surface area contributed by atoms with Crippen LogP contribution in [0.15, 0.2) is 41.6 Å². The Labute approximate surface area is 119 Å². The summed E-state index contributed by atoms with van der Waals surface area (Å²) >= 11 is 0. The van der Waals surface area contributed by atoms with Gasteiger partial charge in [-0.2, -0.15) is 0 Å². The van der Waals surface area contributed by atoms with Gasteiger partial charge in [-0.15, -0.1) is 0 Å². The number of aromatic carboxylic acids is 1. The van der Waals surface area contributed by atoms with Gasteiger partial charge in [-0.3, -0.25) is 9.71 Å². The molecule has 1 heterocycles. The molecule has 0 atom stereocenters. The molecule has 7 nitrogen and oxygen atoms in total. The minimum atomic E-state index is -4.18. The smallest absolute Gasteiger partial charge is 0.337 e. The number of hydrogen-bond donors (Lipinski definition) is 3. The highest BCUT2D eigenvalue weighted by molar-refractivity contribution is 7.92. The van der Waals surface area contributed by atoms with E-state index in [9.17, 15) is 17.6 Å². The molecule has 0 aliphatic heterocycles. The number of pyridine rings is 1. The third-order valence-corrected chi connectivity index (χ3v) is 3.84. The highest BCUT2D eigenvalue weighted by Gasteiger charge is 2.19. The number of carbonyl (C=O) groups is 1. The molecule has 9 heteroatoms. The molecule has 0 radical (unpaired) electrons. The van der Waals surface area contributed by atoms with Crippen LogP contribution in [0.3, 0.4) is 0 Å². The van der Waals surface area contributed by atoms with E-state index >= 15 is 0 Å². The monoisotopic (exact) mass is 311 g/mol. The Morgan fingerprint density at radius 2 is 2.00 bits per heavy atom. The molecule has 0 aliphatic carbocycles. The summed E-state index contributed by atoms with van der Waals surface area (Å²) in [5.41, 5.74) is 5.19.